The van der Waals surface area contributed by atoms with E-state index in [1.807, 2.05) is 0 Å². The van der Waals surface area contributed by atoms with Gasteiger partial charge in [-0.3, -0.25) is 10.1 Å². The van der Waals surface area contributed by atoms with E-state index in [-0.39, 0.29) is 11.5 Å². The zero-order valence-corrected chi connectivity index (χ0v) is 11.1. The second kappa shape index (κ2) is 5.87. The highest BCUT2D eigenvalue weighted by Gasteiger charge is 2.14. The van der Waals surface area contributed by atoms with Gasteiger partial charge in [0.2, 0.25) is 0 Å². The van der Waals surface area contributed by atoms with Crippen molar-refractivity contribution in [2.75, 3.05) is 0 Å². The predicted octanol–water partition coefficient (Wildman–Crippen LogP) is 2.19. The molecule has 1 heterocycles. The first-order valence-electron chi connectivity index (χ1n) is 5.88. The molecule has 3 N–H and O–H groups in total. The molecule has 0 spiro atoms. The molecule has 2 rings (SSSR count). The van der Waals surface area contributed by atoms with Crippen LogP contribution in [0.15, 0.2) is 41.7 Å². The first-order valence-corrected chi connectivity index (χ1v) is 5.88. The van der Waals surface area contributed by atoms with Crippen LogP contribution in [0, 0.1) is 17.0 Å². The third kappa shape index (κ3) is 3.06. The highest BCUT2D eigenvalue weighted by atomic mass is 16.6. The molecule has 0 amide bonds. The van der Waals surface area contributed by atoms with Crippen molar-refractivity contribution < 1.29 is 14.9 Å². The van der Waals surface area contributed by atoms with Crippen LogP contribution < -0.4 is 10.5 Å². The fraction of sp³-hybridized carbons (Fsp3) is 0.0769. The number of nitro groups is 1. The second-order valence-corrected chi connectivity index (χ2v) is 4.12. The Morgan fingerprint density at radius 3 is 2.76 bits per heavy atom. The maximum Gasteiger partial charge on any atom is 0.276 e. The SMILES string of the molecule is Cc1c(Oc2ccc(/C(N)=N/O)nc2)cccc1[N+](=O)[O-]. The zero-order chi connectivity index (χ0) is 15.4. The molecule has 0 radical (unpaired) electrons. The van der Waals surface area contributed by atoms with E-state index in [2.05, 4.69) is 10.1 Å². The van der Waals surface area contributed by atoms with Crippen molar-refractivity contribution in [3.8, 4) is 11.5 Å². The Morgan fingerprint density at radius 2 is 2.19 bits per heavy atom. The van der Waals surface area contributed by atoms with E-state index in [0.717, 1.165) is 0 Å². The lowest BCUT2D eigenvalue weighted by atomic mass is 10.2. The number of hydrogen-bond acceptors (Lipinski definition) is 6. The third-order valence-electron chi connectivity index (χ3n) is 2.79. The van der Waals surface area contributed by atoms with E-state index in [0.29, 0.717) is 22.8 Å². The Bertz CT molecular complexity index is 698. The van der Waals surface area contributed by atoms with Gasteiger partial charge in [-0.25, -0.2) is 4.98 Å². The molecule has 2 aromatic rings. The number of ether oxygens (including phenoxy) is 1. The molecular formula is C13H12N4O4. The minimum Gasteiger partial charge on any atom is -0.455 e. The van der Waals surface area contributed by atoms with Gasteiger partial charge < -0.3 is 15.7 Å². The topological polar surface area (TPSA) is 124 Å². The molecule has 0 atom stereocenters. The molecule has 0 saturated carbocycles. The number of nitrogens with two attached hydrogens (primary N) is 1. The van der Waals surface area contributed by atoms with Gasteiger partial charge in [0.1, 0.15) is 17.2 Å². The van der Waals surface area contributed by atoms with Crippen LogP contribution in [0.1, 0.15) is 11.3 Å². The largest absolute Gasteiger partial charge is 0.455 e. The molecule has 8 nitrogen and oxygen atoms in total. The Morgan fingerprint density at radius 1 is 1.43 bits per heavy atom. The van der Waals surface area contributed by atoms with Crippen LogP contribution in [0.3, 0.4) is 0 Å². The van der Waals surface area contributed by atoms with Crippen molar-refractivity contribution in [2.45, 2.75) is 6.92 Å². The van der Waals surface area contributed by atoms with Gasteiger partial charge in [-0.15, -0.1) is 0 Å². The molecular weight excluding hydrogens is 276 g/mol. The summed E-state index contributed by atoms with van der Waals surface area (Å²) in [4.78, 5) is 14.4. The lowest BCUT2D eigenvalue weighted by Crippen LogP contribution is -2.14. The van der Waals surface area contributed by atoms with E-state index in [1.165, 1.54) is 18.3 Å². The molecule has 0 fully saturated rings. The quantitative estimate of drug-likeness (QED) is 0.292. The minimum atomic E-state index is -0.470. The van der Waals surface area contributed by atoms with Crippen LogP contribution >= 0.6 is 0 Å². The predicted molar refractivity (Wildman–Crippen MR) is 74.7 cm³/mol. The van der Waals surface area contributed by atoms with Crippen molar-refractivity contribution in [3.63, 3.8) is 0 Å². The summed E-state index contributed by atoms with van der Waals surface area (Å²) in [5, 5.41) is 22.2. The minimum absolute atomic E-state index is 0.0197. The Hall–Kier alpha value is -3.16. The van der Waals surface area contributed by atoms with Crippen molar-refractivity contribution >= 4 is 11.5 Å². The Kier molecular flexibility index (Phi) is 3.98. The smallest absolute Gasteiger partial charge is 0.276 e. The third-order valence-corrected chi connectivity index (χ3v) is 2.79. The highest BCUT2D eigenvalue weighted by molar-refractivity contribution is 5.95. The Balaban J connectivity index is 2.27. The fourth-order valence-corrected chi connectivity index (χ4v) is 1.68. The first kappa shape index (κ1) is 14.3. The average molecular weight is 288 g/mol. The number of amidine groups is 1. The number of nitro benzene ring substituents is 1. The number of pyridine rings is 1. The molecule has 21 heavy (non-hydrogen) atoms. The fourth-order valence-electron chi connectivity index (χ4n) is 1.68. The van der Waals surface area contributed by atoms with Gasteiger partial charge in [-0.05, 0) is 25.1 Å². The first-order chi connectivity index (χ1) is 10.0. The maximum atomic E-state index is 10.9. The van der Waals surface area contributed by atoms with Crippen LogP contribution in [0.25, 0.3) is 0 Å². The van der Waals surface area contributed by atoms with Crippen molar-refractivity contribution in [1.29, 1.82) is 0 Å². The zero-order valence-electron chi connectivity index (χ0n) is 11.1. The van der Waals surface area contributed by atoms with Gasteiger partial charge in [0.05, 0.1) is 16.7 Å². The number of aromatic nitrogens is 1. The van der Waals surface area contributed by atoms with Crippen LogP contribution in [-0.4, -0.2) is 21.0 Å². The summed E-state index contributed by atoms with van der Waals surface area (Å²) in [6, 6.07) is 7.65. The standard InChI is InChI=1S/C13H12N4O4/c1-8-11(17(19)20)3-2-4-12(8)21-9-5-6-10(15-7-9)13(14)16-18/h2-7,18H,1H3,(H2,14,16). The lowest BCUT2D eigenvalue weighted by molar-refractivity contribution is -0.385. The molecule has 0 aliphatic heterocycles. The van der Waals surface area contributed by atoms with Crippen LogP contribution in [-0.2, 0) is 0 Å². The number of hydrogen-bond donors (Lipinski definition) is 2. The van der Waals surface area contributed by atoms with E-state index in [4.69, 9.17) is 15.7 Å². The summed E-state index contributed by atoms with van der Waals surface area (Å²) in [5.74, 6) is 0.628. The average Bonchev–Trinajstić information content (AvgIpc) is 2.49. The Labute approximate surface area is 119 Å². The monoisotopic (exact) mass is 288 g/mol. The highest BCUT2D eigenvalue weighted by Crippen LogP contribution is 2.30. The molecule has 1 aromatic heterocycles. The summed E-state index contributed by atoms with van der Waals surface area (Å²) in [6.07, 6.45) is 1.38. The molecule has 0 unspecified atom stereocenters. The van der Waals surface area contributed by atoms with Crippen LogP contribution in [0.5, 0.6) is 11.5 Å². The van der Waals surface area contributed by atoms with Crippen molar-refractivity contribution in [2.24, 2.45) is 10.9 Å². The van der Waals surface area contributed by atoms with Gasteiger partial charge >= 0.3 is 0 Å². The summed E-state index contributed by atoms with van der Waals surface area (Å²) < 4.78 is 5.56. The number of nitrogens with zero attached hydrogens (tertiary/aromatic N) is 3. The molecule has 0 aliphatic carbocycles. The van der Waals surface area contributed by atoms with E-state index < -0.39 is 4.92 Å². The van der Waals surface area contributed by atoms with Crippen molar-refractivity contribution in [3.05, 3.63) is 57.9 Å². The van der Waals surface area contributed by atoms with Gasteiger partial charge in [-0.2, -0.15) is 0 Å². The molecule has 8 heteroatoms. The second-order valence-electron chi connectivity index (χ2n) is 4.12. The van der Waals surface area contributed by atoms with E-state index >= 15 is 0 Å². The summed E-state index contributed by atoms with van der Waals surface area (Å²) in [5.41, 5.74) is 6.09. The normalized spacial score (nSPS) is 11.2. The summed E-state index contributed by atoms with van der Waals surface area (Å²) in [6.45, 7) is 1.60. The maximum absolute atomic E-state index is 10.9. The van der Waals surface area contributed by atoms with E-state index in [9.17, 15) is 10.1 Å². The van der Waals surface area contributed by atoms with E-state index in [1.54, 1.807) is 25.1 Å². The van der Waals surface area contributed by atoms with Crippen LogP contribution in [0.4, 0.5) is 5.69 Å². The molecule has 0 bridgehead atoms. The summed E-state index contributed by atoms with van der Waals surface area (Å²) >= 11 is 0. The van der Waals surface area contributed by atoms with Gasteiger partial charge in [0.25, 0.3) is 5.69 Å². The van der Waals surface area contributed by atoms with Crippen molar-refractivity contribution in [1.82, 2.24) is 4.98 Å². The molecule has 1 aromatic carbocycles. The molecule has 0 aliphatic rings. The number of oxime groups is 1. The van der Waals surface area contributed by atoms with Gasteiger partial charge in [-0.1, -0.05) is 11.2 Å². The number of rotatable bonds is 4. The summed E-state index contributed by atoms with van der Waals surface area (Å²) in [7, 11) is 0. The molecule has 0 saturated heterocycles. The lowest BCUT2D eigenvalue weighted by Gasteiger charge is -2.08. The van der Waals surface area contributed by atoms with Gasteiger partial charge in [0.15, 0.2) is 5.84 Å². The van der Waals surface area contributed by atoms with Gasteiger partial charge in [0, 0.05) is 6.07 Å². The molecule has 108 valence electrons. The van der Waals surface area contributed by atoms with Crippen LogP contribution in [0.2, 0.25) is 0 Å². The number of benzene rings is 1.